The van der Waals surface area contributed by atoms with Gasteiger partial charge in [0.25, 0.3) is 0 Å². The minimum absolute atomic E-state index is 0. The minimum Gasteiger partial charge on any atom is -0.357 e. The maximum Gasteiger partial charge on any atom is 0.224 e. The number of nitrogens with zero attached hydrogens (tertiary/aromatic N) is 3. The SMILES string of the molecule is CCNC(=NCCC(=O)N1CCCC(C)C1)NCCn1cccc1.I. The Labute approximate surface area is 168 Å². The van der Waals surface area contributed by atoms with Crippen LogP contribution in [0.25, 0.3) is 0 Å². The number of likely N-dealkylation sites (tertiary alicyclic amines) is 1. The average Bonchev–Trinajstić information content (AvgIpc) is 3.08. The molecule has 1 unspecified atom stereocenters. The van der Waals surface area contributed by atoms with Gasteiger partial charge in [0, 0.05) is 51.5 Å². The summed E-state index contributed by atoms with van der Waals surface area (Å²) in [5, 5.41) is 6.54. The Kier molecular flexibility index (Phi) is 10.6. The molecule has 0 saturated carbocycles. The van der Waals surface area contributed by atoms with Crippen LogP contribution >= 0.6 is 24.0 Å². The first-order valence-electron chi connectivity index (χ1n) is 9.09. The number of amides is 1. The predicted molar refractivity (Wildman–Crippen MR) is 113 cm³/mol. The van der Waals surface area contributed by atoms with Crippen LogP contribution in [0.5, 0.6) is 0 Å². The first-order valence-corrected chi connectivity index (χ1v) is 9.09. The van der Waals surface area contributed by atoms with E-state index in [9.17, 15) is 4.79 Å². The third-order valence-corrected chi connectivity index (χ3v) is 4.28. The van der Waals surface area contributed by atoms with Crippen LogP contribution in [0.2, 0.25) is 0 Å². The number of hydrogen-bond acceptors (Lipinski definition) is 2. The molecule has 142 valence electrons. The molecule has 1 aliphatic rings. The van der Waals surface area contributed by atoms with Gasteiger partial charge in [-0.05, 0) is 37.8 Å². The summed E-state index contributed by atoms with van der Waals surface area (Å²) in [6.45, 7) is 9.11. The molecule has 1 fully saturated rings. The normalized spacial score (nSPS) is 17.8. The molecule has 25 heavy (non-hydrogen) atoms. The number of carbonyl (C=O) groups excluding carboxylic acids is 1. The van der Waals surface area contributed by atoms with Gasteiger partial charge in [-0.15, -0.1) is 24.0 Å². The monoisotopic (exact) mass is 461 g/mol. The minimum atomic E-state index is 0. The molecule has 7 heteroatoms. The maximum absolute atomic E-state index is 12.3. The zero-order valence-electron chi connectivity index (χ0n) is 15.4. The van der Waals surface area contributed by atoms with Gasteiger partial charge >= 0.3 is 0 Å². The van der Waals surface area contributed by atoms with Gasteiger partial charge in [-0.3, -0.25) is 9.79 Å². The third kappa shape index (κ3) is 8.11. The third-order valence-electron chi connectivity index (χ3n) is 4.28. The fourth-order valence-corrected chi connectivity index (χ4v) is 3.00. The van der Waals surface area contributed by atoms with Gasteiger partial charge in [0.1, 0.15) is 0 Å². The van der Waals surface area contributed by atoms with E-state index in [2.05, 4.69) is 27.1 Å². The van der Waals surface area contributed by atoms with Crippen LogP contribution in [0.1, 0.15) is 33.1 Å². The van der Waals surface area contributed by atoms with E-state index >= 15 is 0 Å². The summed E-state index contributed by atoms with van der Waals surface area (Å²) >= 11 is 0. The summed E-state index contributed by atoms with van der Waals surface area (Å²) in [6.07, 6.45) is 6.94. The second-order valence-corrected chi connectivity index (χ2v) is 6.45. The van der Waals surface area contributed by atoms with Crippen LogP contribution in [0.4, 0.5) is 0 Å². The van der Waals surface area contributed by atoms with Crippen LogP contribution in [0.3, 0.4) is 0 Å². The quantitative estimate of drug-likeness (QED) is 0.372. The van der Waals surface area contributed by atoms with Gasteiger partial charge in [-0.2, -0.15) is 0 Å². The van der Waals surface area contributed by atoms with Gasteiger partial charge in [0.15, 0.2) is 5.96 Å². The molecular formula is C18H32IN5O. The first kappa shape index (κ1) is 21.8. The Balaban J connectivity index is 0.00000312. The van der Waals surface area contributed by atoms with E-state index in [0.717, 1.165) is 45.1 Å². The second-order valence-electron chi connectivity index (χ2n) is 6.45. The molecule has 1 amide bonds. The molecule has 6 nitrogen and oxygen atoms in total. The smallest absolute Gasteiger partial charge is 0.224 e. The Morgan fingerprint density at radius 2 is 2.04 bits per heavy atom. The first-order chi connectivity index (χ1) is 11.7. The van der Waals surface area contributed by atoms with Crippen molar-refractivity contribution in [1.82, 2.24) is 20.1 Å². The number of carbonyl (C=O) groups is 1. The fraction of sp³-hybridized carbons (Fsp3) is 0.667. The van der Waals surface area contributed by atoms with Gasteiger partial charge in [0.2, 0.25) is 5.91 Å². The Hall–Kier alpha value is -1.25. The number of rotatable bonds is 7. The van der Waals surface area contributed by atoms with Crippen LogP contribution in [0, 0.1) is 5.92 Å². The molecule has 0 aliphatic carbocycles. The second kappa shape index (κ2) is 12.2. The van der Waals surface area contributed by atoms with Crippen LogP contribution in [0.15, 0.2) is 29.5 Å². The van der Waals surface area contributed by atoms with E-state index in [-0.39, 0.29) is 29.9 Å². The lowest BCUT2D eigenvalue weighted by Gasteiger charge is -2.30. The lowest BCUT2D eigenvalue weighted by atomic mass is 10.00. The Morgan fingerprint density at radius 1 is 1.28 bits per heavy atom. The van der Waals surface area contributed by atoms with Crippen molar-refractivity contribution < 1.29 is 4.79 Å². The van der Waals surface area contributed by atoms with Crippen molar-refractivity contribution in [3.05, 3.63) is 24.5 Å². The molecule has 0 bridgehead atoms. The molecule has 2 rings (SSSR count). The van der Waals surface area contributed by atoms with Gasteiger partial charge in [-0.25, -0.2) is 0 Å². The summed E-state index contributed by atoms with van der Waals surface area (Å²) in [5.74, 6) is 1.64. The van der Waals surface area contributed by atoms with E-state index in [1.54, 1.807) is 0 Å². The highest BCUT2D eigenvalue weighted by Gasteiger charge is 2.20. The van der Waals surface area contributed by atoms with Crippen LogP contribution < -0.4 is 10.6 Å². The highest BCUT2D eigenvalue weighted by Crippen LogP contribution is 2.15. The molecule has 0 radical (unpaired) electrons. The summed E-state index contributed by atoms with van der Waals surface area (Å²) in [5.41, 5.74) is 0. The van der Waals surface area contributed by atoms with E-state index in [4.69, 9.17) is 0 Å². The summed E-state index contributed by atoms with van der Waals surface area (Å²) in [6, 6.07) is 4.04. The topological polar surface area (TPSA) is 61.7 Å². The average molecular weight is 461 g/mol. The van der Waals surface area contributed by atoms with E-state index in [1.165, 1.54) is 6.42 Å². The number of aliphatic imine (C=N–C) groups is 1. The maximum atomic E-state index is 12.3. The lowest BCUT2D eigenvalue weighted by molar-refractivity contribution is -0.132. The molecule has 1 aromatic heterocycles. The molecule has 1 saturated heterocycles. The van der Waals surface area contributed by atoms with Crippen molar-refractivity contribution in [2.45, 2.75) is 39.7 Å². The van der Waals surface area contributed by atoms with Crippen LogP contribution in [-0.4, -0.2) is 54.1 Å². The largest absolute Gasteiger partial charge is 0.357 e. The van der Waals surface area contributed by atoms with E-state index in [1.807, 2.05) is 36.4 Å². The highest BCUT2D eigenvalue weighted by atomic mass is 127. The molecule has 1 atom stereocenters. The molecular weight excluding hydrogens is 429 g/mol. The zero-order valence-corrected chi connectivity index (χ0v) is 17.7. The molecule has 0 spiro atoms. The molecule has 1 aliphatic heterocycles. The molecule has 2 heterocycles. The van der Waals surface area contributed by atoms with E-state index < -0.39 is 0 Å². The molecule has 1 aromatic rings. The Bertz CT molecular complexity index is 518. The number of guanidine groups is 1. The van der Waals surface area contributed by atoms with Crippen molar-refractivity contribution in [2.75, 3.05) is 32.7 Å². The van der Waals surface area contributed by atoms with Crippen molar-refractivity contribution in [3.8, 4) is 0 Å². The lowest BCUT2D eigenvalue weighted by Crippen LogP contribution is -2.40. The van der Waals surface area contributed by atoms with E-state index in [0.29, 0.717) is 18.9 Å². The summed E-state index contributed by atoms with van der Waals surface area (Å²) in [7, 11) is 0. The number of piperidine rings is 1. The number of aromatic nitrogens is 1. The summed E-state index contributed by atoms with van der Waals surface area (Å²) in [4.78, 5) is 18.8. The zero-order chi connectivity index (χ0) is 17.2. The molecule has 0 aromatic carbocycles. The van der Waals surface area contributed by atoms with Crippen molar-refractivity contribution in [1.29, 1.82) is 0 Å². The van der Waals surface area contributed by atoms with Gasteiger partial charge < -0.3 is 20.1 Å². The van der Waals surface area contributed by atoms with Crippen molar-refractivity contribution in [3.63, 3.8) is 0 Å². The number of hydrogen-bond donors (Lipinski definition) is 2. The van der Waals surface area contributed by atoms with Crippen molar-refractivity contribution in [2.24, 2.45) is 10.9 Å². The Morgan fingerprint density at radius 3 is 2.72 bits per heavy atom. The molecule has 2 N–H and O–H groups in total. The summed E-state index contributed by atoms with van der Waals surface area (Å²) < 4.78 is 2.12. The van der Waals surface area contributed by atoms with Gasteiger partial charge in [0.05, 0.1) is 6.54 Å². The predicted octanol–water partition coefficient (Wildman–Crippen LogP) is 2.31. The highest BCUT2D eigenvalue weighted by molar-refractivity contribution is 14.0. The number of nitrogens with one attached hydrogen (secondary N) is 2. The van der Waals surface area contributed by atoms with Crippen molar-refractivity contribution >= 4 is 35.8 Å². The van der Waals surface area contributed by atoms with Gasteiger partial charge in [-0.1, -0.05) is 6.92 Å². The number of halogens is 1. The van der Waals surface area contributed by atoms with Crippen LogP contribution in [-0.2, 0) is 11.3 Å². The fourth-order valence-electron chi connectivity index (χ4n) is 3.00. The standard InChI is InChI=1S/C18H31N5O.HI/c1-3-19-18(21-10-14-22-11-4-5-12-22)20-9-8-17(24)23-13-6-7-16(2)15-23;/h4-5,11-12,16H,3,6-10,13-15H2,1-2H3,(H2,19,20,21);1H.